The van der Waals surface area contributed by atoms with E-state index in [0.717, 1.165) is 11.5 Å². The highest BCUT2D eigenvalue weighted by Gasteiger charge is 2.23. The fraction of sp³-hybridized carbons (Fsp3) is 0.368. The molecule has 2 aromatic rings. The zero-order valence-corrected chi connectivity index (χ0v) is 14.2. The van der Waals surface area contributed by atoms with Crippen molar-refractivity contribution in [2.24, 2.45) is 0 Å². The van der Waals surface area contributed by atoms with Gasteiger partial charge in [0.1, 0.15) is 11.5 Å². The first-order chi connectivity index (χ1) is 11.1. The van der Waals surface area contributed by atoms with Crippen LogP contribution >= 0.6 is 0 Å². The predicted octanol–water partition coefficient (Wildman–Crippen LogP) is 3.98. The molecule has 0 aliphatic rings. The predicted molar refractivity (Wildman–Crippen MR) is 90.0 cm³/mol. The Bertz CT molecular complexity index is 534. The molecule has 0 amide bonds. The Kier molecular flexibility index (Phi) is 6.02. The Morgan fingerprint density at radius 2 is 1.00 bits per heavy atom. The van der Waals surface area contributed by atoms with E-state index < -0.39 is 0 Å². The van der Waals surface area contributed by atoms with Crippen molar-refractivity contribution in [1.29, 1.82) is 0 Å². The van der Waals surface area contributed by atoms with Gasteiger partial charge in [-0.2, -0.15) is 0 Å². The lowest BCUT2D eigenvalue weighted by Gasteiger charge is -2.26. The van der Waals surface area contributed by atoms with Crippen LogP contribution in [-0.4, -0.2) is 27.8 Å². The van der Waals surface area contributed by atoms with Gasteiger partial charge in [0.15, 0.2) is 13.6 Å². The summed E-state index contributed by atoms with van der Waals surface area (Å²) in [5, 5.41) is 0. The monoisotopic (exact) mass is 316 g/mol. The summed E-state index contributed by atoms with van der Waals surface area (Å²) in [6, 6.07) is 16.2. The number of methoxy groups -OCH3 is 2. The van der Waals surface area contributed by atoms with Crippen LogP contribution in [0.2, 0.25) is 0 Å². The molecule has 0 heterocycles. The van der Waals surface area contributed by atoms with Crippen LogP contribution in [0.1, 0.15) is 25.0 Å². The van der Waals surface area contributed by atoms with E-state index >= 15 is 0 Å². The third kappa shape index (κ3) is 4.47. The molecule has 0 aliphatic carbocycles. The molecule has 0 atom stereocenters. The SMILES string of the molecule is COCOc1ccc(C(C)(C)c2ccc(OCOC)cc2)cc1. The Balaban J connectivity index is 2.13. The van der Waals surface area contributed by atoms with Crippen LogP contribution in [-0.2, 0) is 14.9 Å². The molecule has 23 heavy (non-hydrogen) atoms. The summed E-state index contributed by atoms with van der Waals surface area (Å²) >= 11 is 0. The fourth-order valence-corrected chi connectivity index (χ4v) is 2.36. The molecule has 0 radical (unpaired) electrons. The lowest BCUT2D eigenvalue weighted by atomic mass is 9.78. The first kappa shape index (κ1) is 17.3. The molecular weight excluding hydrogens is 292 g/mol. The van der Waals surface area contributed by atoms with Crippen LogP contribution in [0, 0.1) is 0 Å². The number of hydrogen-bond donors (Lipinski definition) is 0. The van der Waals surface area contributed by atoms with Crippen molar-refractivity contribution in [2.45, 2.75) is 19.3 Å². The van der Waals surface area contributed by atoms with Gasteiger partial charge in [0.05, 0.1) is 0 Å². The van der Waals surface area contributed by atoms with Crippen molar-refractivity contribution in [3.63, 3.8) is 0 Å². The molecule has 0 spiro atoms. The molecule has 0 aliphatic heterocycles. The second-order valence-corrected chi connectivity index (χ2v) is 5.78. The summed E-state index contributed by atoms with van der Waals surface area (Å²) in [5.74, 6) is 1.60. The van der Waals surface area contributed by atoms with E-state index in [1.165, 1.54) is 11.1 Å². The van der Waals surface area contributed by atoms with Crippen molar-refractivity contribution in [3.05, 3.63) is 59.7 Å². The van der Waals surface area contributed by atoms with Gasteiger partial charge in [-0.05, 0) is 35.4 Å². The highest BCUT2D eigenvalue weighted by Crippen LogP contribution is 2.33. The molecular formula is C19H24O4. The zero-order valence-electron chi connectivity index (χ0n) is 14.2. The molecule has 0 saturated heterocycles. The largest absolute Gasteiger partial charge is 0.468 e. The minimum atomic E-state index is -0.112. The van der Waals surface area contributed by atoms with Crippen LogP contribution in [0.4, 0.5) is 0 Å². The van der Waals surface area contributed by atoms with E-state index in [0.29, 0.717) is 0 Å². The van der Waals surface area contributed by atoms with Crippen molar-refractivity contribution >= 4 is 0 Å². The first-order valence-electron chi connectivity index (χ1n) is 7.52. The third-order valence-electron chi connectivity index (χ3n) is 3.84. The molecule has 124 valence electrons. The van der Waals surface area contributed by atoms with Crippen molar-refractivity contribution < 1.29 is 18.9 Å². The molecule has 2 rings (SSSR count). The van der Waals surface area contributed by atoms with E-state index in [1.54, 1.807) is 14.2 Å². The van der Waals surface area contributed by atoms with Gasteiger partial charge in [0.2, 0.25) is 0 Å². The average Bonchev–Trinajstić information content (AvgIpc) is 2.59. The van der Waals surface area contributed by atoms with Gasteiger partial charge in [-0.25, -0.2) is 0 Å². The Labute approximate surface area is 137 Å². The maximum atomic E-state index is 5.43. The van der Waals surface area contributed by atoms with Crippen LogP contribution in [0.5, 0.6) is 11.5 Å². The summed E-state index contributed by atoms with van der Waals surface area (Å²) in [6.07, 6.45) is 0. The summed E-state index contributed by atoms with van der Waals surface area (Å²) in [5.41, 5.74) is 2.32. The molecule has 0 aromatic heterocycles. The number of rotatable bonds is 8. The molecule has 0 bridgehead atoms. The first-order valence-corrected chi connectivity index (χ1v) is 7.52. The van der Waals surface area contributed by atoms with E-state index in [-0.39, 0.29) is 19.0 Å². The van der Waals surface area contributed by atoms with Gasteiger partial charge < -0.3 is 18.9 Å². The summed E-state index contributed by atoms with van der Waals surface area (Å²) in [7, 11) is 3.22. The smallest absolute Gasteiger partial charge is 0.188 e. The number of hydrogen-bond acceptors (Lipinski definition) is 4. The maximum Gasteiger partial charge on any atom is 0.188 e. The maximum absolute atomic E-state index is 5.43. The van der Waals surface area contributed by atoms with E-state index in [2.05, 4.69) is 38.1 Å². The fourth-order valence-electron chi connectivity index (χ4n) is 2.36. The second kappa shape index (κ2) is 7.99. The van der Waals surface area contributed by atoms with Crippen molar-refractivity contribution in [1.82, 2.24) is 0 Å². The van der Waals surface area contributed by atoms with E-state index in [9.17, 15) is 0 Å². The van der Waals surface area contributed by atoms with Crippen LogP contribution < -0.4 is 9.47 Å². The molecule has 2 aromatic carbocycles. The van der Waals surface area contributed by atoms with E-state index in [4.69, 9.17) is 18.9 Å². The van der Waals surface area contributed by atoms with Crippen LogP contribution in [0.15, 0.2) is 48.5 Å². The summed E-state index contributed by atoms with van der Waals surface area (Å²) in [6.45, 7) is 4.91. The zero-order chi connectivity index (χ0) is 16.7. The van der Waals surface area contributed by atoms with Crippen molar-refractivity contribution in [2.75, 3.05) is 27.8 Å². The Morgan fingerprint density at radius 3 is 1.30 bits per heavy atom. The molecule has 4 heteroatoms. The minimum Gasteiger partial charge on any atom is -0.468 e. The van der Waals surface area contributed by atoms with Gasteiger partial charge in [-0.1, -0.05) is 38.1 Å². The highest BCUT2D eigenvalue weighted by molar-refractivity contribution is 5.41. The standard InChI is InChI=1S/C19H24O4/c1-19(2,15-5-9-17(10-6-15)22-13-20-3)16-7-11-18(12-8-16)23-14-21-4/h5-12H,13-14H2,1-4H3. The van der Waals surface area contributed by atoms with Crippen molar-refractivity contribution in [3.8, 4) is 11.5 Å². The molecule has 0 unspecified atom stereocenters. The number of benzene rings is 2. The molecule has 0 fully saturated rings. The third-order valence-corrected chi connectivity index (χ3v) is 3.84. The normalized spacial score (nSPS) is 11.3. The lowest BCUT2D eigenvalue weighted by Crippen LogP contribution is -2.18. The van der Waals surface area contributed by atoms with Gasteiger partial charge in [-0.15, -0.1) is 0 Å². The summed E-state index contributed by atoms with van der Waals surface area (Å²) in [4.78, 5) is 0. The van der Waals surface area contributed by atoms with E-state index in [1.807, 2.05) is 24.3 Å². The van der Waals surface area contributed by atoms with Gasteiger partial charge >= 0.3 is 0 Å². The summed E-state index contributed by atoms with van der Waals surface area (Å²) < 4.78 is 20.7. The molecule has 0 saturated carbocycles. The molecule has 0 N–H and O–H groups in total. The Hall–Kier alpha value is -2.04. The van der Waals surface area contributed by atoms with Gasteiger partial charge in [-0.3, -0.25) is 0 Å². The van der Waals surface area contributed by atoms with Crippen LogP contribution in [0.3, 0.4) is 0 Å². The number of ether oxygens (including phenoxy) is 4. The topological polar surface area (TPSA) is 36.9 Å². The average molecular weight is 316 g/mol. The molecule has 4 nitrogen and oxygen atoms in total. The quantitative estimate of drug-likeness (QED) is 0.690. The highest BCUT2D eigenvalue weighted by atomic mass is 16.7. The van der Waals surface area contributed by atoms with Gasteiger partial charge in [0, 0.05) is 19.6 Å². The van der Waals surface area contributed by atoms with Crippen LogP contribution in [0.25, 0.3) is 0 Å². The van der Waals surface area contributed by atoms with Gasteiger partial charge in [0.25, 0.3) is 0 Å². The Morgan fingerprint density at radius 1 is 0.652 bits per heavy atom. The second-order valence-electron chi connectivity index (χ2n) is 5.78. The lowest BCUT2D eigenvalue weighted by molar-refractivity contribution is 0.0509. The minimum absolute atomic E-state index is 0.112.